The van der Waals surface area contributed by atoms with Gasteiger partial charge in [0.1, 0.15) is 5.75 Å². The van der Waals surface area contributed by atoms with Crippen LogP contribution in [0.4, 0.5) is 0 Å². The van der Waals surface area contributed by atoms with Gasteiger partial charge in [-0.15, -0.1) is 0 Å². The van der Waals surface area contributed by atoms with Gasteiger partial charge in [-0.05, 0) is 23.8 Å². The molecule has 0 radical (unpaired) electrons. The third kappa shape index (κ3) is 5.17. The van der Waals surface area contributed by atoms with Crippen LogP contribution in [0.1, 0.15) is 5.56 Å². The fourth-order valence-corrected chi connectivity index (χ4v) is 1.22. The van der Waals surface area contributed by atoms with Crippen molar-refractivity contribution >= 4 is 12.0 Å². The maximum atomic E-state index is 11.3. The second-order valence-electron chi connectivity index (χ2n) is 3.39. The van der Waals surface area contributed by atoms with Crippen molar-refractivity contribution in [1.82, 2.24) is 5.32 Å². The number of rotatable bonds is 6. The topological polar surface area (TPSA) is 47.6 Å². The van der Waals surface area contributed by atoms with E-state index in [0.717, 1.165) is 11.3 Å². The minimum absolute atomic E-state index is 0.127. The molecule has 0 aliphatic carbocycles. The van der Waals surface area contributed by atoms with Gasteiger partial charge < -0.3 is 14.8 Å². The van der Waals surface area contributed by atoms with Crippen molar-refractivity contribution in [2.75, 3.05) is 27.4 Å². The summed E-state index contributed by atoms with van der Waals surface area (Å²) in [6, 6.07) is 7.47. The third-order valence-corrected chi connectivity index (χ3v) is 2.15. The lowest BCUT2D eigenvalue weighted by Crippen LogP contribution is -2.24. The zero-order chi connectivity index (χ0) is 12.5. The van der Waals surface area contributed by atoms with E-state index in [9.17, 15) is 4.79 Å². The number of benzene rings is 1. The molecule has 0 atom stereocenters. The quantitative estimate of drug-likeness (QED) is 0.600. The lowest BCUT2D eigenvalue weighted by Gasteiger charge is -2.00. The van der Waals surface area contributed by atoms with Crippen LogP contribution in [-0.2, 0) is 9.53 Å². The predicted molar refractivity (Wildman–Crippen MR) is 66.9 cm³/mol. The number of amides is 1. The van der Waals surface area contributed by atoms with Crippen molar-refractivity contribution in [3.05, 3.63) is 35.9 Å². The number of carbonyl (C=O) groups is 1. The molecule has 4 nitrogen and oxygen atoms in total. The van der Waals surface area contributed by atoms with E-state index in [1.807, 2.05) is 24.3 Å². The molecule has 0 aromatic heterocycles. The highest BCUT2D eigenvalue weighted by atomic mass is 16.5. The second kappa shape index (κ2) is 7.46. The minimum atomic E-state index is -0.127. The molecule has 1 aromatic carbocycles. The Morgan fingerprint density at radius 3 is 2.59 bits per heavy atom. The molecule has 0 spiro atoms. The molecule has 0 bridgehead atoms. The molecule has 1 amide bonds. The monoisotopic (exact) mass is 235 g/mol. The van der Waals surface area contributed by atoms with Gasteiger partial charge in [-0.2, -0.15) is 0 Å². The Labute approximate surface area is 101 Å². The van der Waals surface area contributed by atoms with Gasteiger partial charge in [-0.3, -0.25) is 4.79 Å². The number of hydrogen-bond acceptors (Lipinski definition) is 3. The van der Waals surface area contributed by atoms with Crippen LogP contribution in [0.15, 0.2) is 30.3 Å². The Bertz CT molecular complexity index is 371. The first kappa shape index (κ1) is 13.3. The standard InChI is InChI=1S/C13H17NO3/c1-16-10-9-14-13(15)8-5-11-3-6-12(17-2)7-4-11/h3-8H,9-10H2,1-2H3,(H,14,15)/b8-5+. The van der Waals surface area contributed by atoms with Gasteiger partial charge in [-0.1, -0.05) is 12.1 Å². The normalized spacial score (nSPS) is 10.5. The number of hydrogen-bond donors (Lipinski definition) is 1. The molecule has 0 saturated carbocycles. The van der Waals surface area contributed by atoms with Gasteiger partial charge in [-0.25, -0.2) is 0 Å². The smallest absolute Gasteiger partial charge is 0.244 e. The summed E-state index contributed by atoms with van der Waals surface area (Å²) in [5, 5.41) is 2.70. The van der Waals surface area contributed by atoms with Gasteiger partial charge in [0.15, 0.2) is 0 Å². The lowest BCUT2D eigenvalue weighted by molar-refractivity contribution is -0.116. The number of carbonyl (C=O) groups excluding carboxylic acids is 1. The number of ether oxygens (including phenoxy) is 2. The summed E-state index contributed by atoms with van der Waals surface area (Å²) < 4.78 is 9.87. The van der Waals surface area contributed by atoms with Gasteiger partial charge in [0, 0.05) is 19.7 Å². The Balaban J connectivity index is 2.43. The van der Waals surface area contributed by atoms with Crippen LogP contribution in [0.3, 0.4) is 0 Å². The van der Waals surface area contributed by atoms with Crippen LogP contribution in [-0.4, -0.2) is 33.3 Å². The summed E-state index contributed by atoms with van der Waals surface area (Å²) in [5.41, 5.74) is 0.952. The molecule has 0 saturated heterocycles. The first-order valence-corrected chi connectivity index (χ1v) is 5.35. The fraction of sp³-hybridized carbons (Fsp3) is 0.308. The molecule has 0 unspecified atom stereocenters. The maximum absolute atomic E-state index is 11.3. The van der Waals surface area contributed by atoms with E-state index in [0.29, 0.717) is 13.2 Å². The first-order valence-electron chi connectivity index (χ1n) is 5.35. The SMILES string of the molecule is COCCNC(=O)/C=C/c1ccc(OC)cc1. The molecular formula is C13H17NO3. The highest BCUT2D eigenvalue weighted by molar-refractivity contribution is 5.91. The maximum Gasteiger partial charge on any atom is 0.244 e. The Hall–Kier alpha value is -1.81. The van der Waals surface area contributed by atoms with Gasteiger partial charge in [0.25, 0.3) is 0 Å². The predicted octanol–water partition coefficient (Wildman–Crippen LogP) is 1.47. The molecule has 0 fully saturated rings. The molecule has 1 rings (SSSR count). The van der Waals surface area contributed by atoms with Gasteiger partial charge >= 0.3 is 0 Å². The average Bonchev–Trinajstić information content (AvgIpc) is 2.37. The van der Waals surface area contributed by atoms with E-state index < -0.39 is 0 Å². The van der Waals surface area contributed by atoms with Gasteiger partial charge in [0.2, 0.25) is 5.91 Å². The average molecular weight is 235 g/mol. The Morgan fingerprint density at radius 2 is 2.00 bits per heavy atom. The van der Waals surface area contributed by atoms with Crippen LogP contribution >= 0.6 is 0 Å². The van der Waals surface area contributed by atoms with E-state index >= 15 is 0 Å². The Morgan fingerprint density at radius 1 is 1.29 bits per heavy atom. The summed E-state index contributed by atoms with van der Waals surface area (Å²) in [6.45, 7) is 1.03. The van der Waals surface area contributed by atoms with E-state index in [2.05, 4.69) is 5.32 Å². The van der Waals surface area contributed by atoms with Crippen LogP contribution in [0.5, 0.6) is 5.75 Å². The van der Waals surface area contributed by atoms with Crippen molar-refractivity contribution < 1.29 is 14.3 Å². The van der Waals surface area contributed by atoms with Gasteiger partial charge in [0.05, 0.1) is 13.7 Å². The summed E-state index contributed by atoms with van der Waals surface area (Å²) in [4.78, 5) is 11.3. The first-order chi connectivity index (χ1) is 8.26. The molecule has 0 aliphatic rings. The largest absolute Gasteiger partial charge is 0.497 e. The zero-order valence-electron chi connectivity index (χ0n) is 10.1. The van der Waals surface area contributed by atoms with E-state index in [1.165, 1.54) is 6.08 Å². The molecule has 0 aliphatic heterocycles. The zero-order valence-corrected chi connectivity index (χ0v) is 10.1. The van der Waals surface area contributed by atoms with Crippen molar-refractivity contribution in [3.8, 4) is 5.75 Å². The summed E-state index contributed by atoms with van der Waals surface area (Å²) in [5.74, 6) is 0.671. The van der Waals surface area contributed by atoms with Crippen molar-refractivity contribution in [1.29, 1.82) is 0 Å². The van der Waals surface area contributed by atoms with E-state index in [-0.39, 0.29) is 5.91 Å². The van der Waals surface area contributed by atoms with Crippen LogP contribution in [0, 0.1) is 0 Å². The molecule has 1 aromatic rings. The third-order valence-electron chi connectivity index (χ3n) is 2.15. The van der Waals surface area contributed by atoms with Crippen LogP contribution in [0.25, 0.3) is 6.08 Å². The van der Waals surface area contributed by atoms with Crippen molar-refractivity contribution in [2.45, 2.75) is 0 Å². The van der Waals surface area contributed by atoms with E-state index in [1.54, 1.807) is 20.3 Å². The molecule has 92 valence electrons. The highest BCUT2D eigenvalue weighted by Crippen LogP contribution is 2.11. The van der Waals surface area contributed by atoms with Crippen molar-refractivity contribution in [3.63, 3.8) is 0 Å². The highest BCUT2D eigenvalue weighted by Gasteiger charge is 1.94. The van der Waals surface area contributed by atoms with Crippen LogP contribution < -0.4 is 10.1 Å². The molecule has 17 heavy (non-hydrogen) atoms. The second-order valence-corrected chi connectivity index (χ2v) is 3.39. The minimum Gasteiger partial charge on any atom is -0.497 e. The fourth-order valence-electron chi connectivity index (χ4n) is 1.22. The summed E-state index contributed by atoms with van der Waals surface area (Å²) in [7, 11) is 3.22. The molecule has 1 N–H and O–H groups in total. The lowest BCUT2D eigenvalue weighted by atomic mass is 10.2. The molecular weight excluding hydrogens is 218 g/mol. The van der Waals surface area contributed by atoms with E-state index in [4.69, 9.17) is 9.47 Å². The Kier molecular flexibility index (Phi) is 5.82. The van der Waals surface area contributed by atoms with Crippen LogP contribution in [0.2, 0.25) is 0 Å². The summed E-state index contributed by atoms with van der Waals surface area (Å²) >= 11 is 0. The number of methoxy groups -OCH3 is 2. The van der Waals surface area contributed by atoms with Crippen molar-refractivity contribution in [2.24, 2.45) is 0 Å². The number of nitrogens with one attached hydrogen (secondary N) is 1. The molecule has 4 heteroatoms. The molecule has 0 heterocycles. The summed E-state index contributed by atoms with van der Waals surface area (Å²) in [6.07, 6.45) is 3.25.